The molecule has 1 aromatic rings. The summed E-state index contributed by atoms with van der Waals surface area (Å²) >= 11 is 7.44. The third kappa shape index (κ3) is 2.87. The van der Waals surface area contributed by atoms with Crippen LogP contribution in [0.25, 0.3) is 0 Å². The molecule has 2 rings (SSSR count). The molecular weight excluding hydrogens is 216 g/mol. The molecule has 0 radical (unpaired) electrons. The van der Waals surface area contributed by atoms with Gasteiger partial charge in [0.05, 0.1) is 9.34 Å². The second kappa shape index (κ2) is 5.01. The molecule has 2 N–H and O–H groups in total. The molecule has 0 amide bonds. The van der Waals surface area contributed by atoms with E-state index in [9.17, 15) is 0 Å². The molecule has 1 aromatic heterocycles. The molecule has 2 nitrogen and oxygen atoms in total. The van der Waals surface area contributed by atoms with Gasteiger partial charge in [0.1, 0.15) is 0 Å². The quantitative estimate of drug-likeness (QED) is 0.831. The van der Waals surface area contributed by atoms with Crippen molar-refractivity contribution in [1.29, 1.82) is 0 Å². The molecule has 4 heteroatoms. The van der Waals surface area contributed by atoms with Crippen molar-refractivity contribution in [3.63, 3.8) is 0 Å². The third-order valence-electron chi connectivity index (χ3n) is 2.59. The van der Waals surface area contributed by atoms with Gasteiger partial charge in [-0.05, 0) is 44.0 Å². The Kier molecular flexibility index (Phi) is 3.67. The first kappa shape index (κ1) is 10.3. The lowest BCUT2D eigenvalue weighted by atomic mass is 10.1. The molecular formula is C10H15ClN2S. The summed E-state index contributed by atoms with van der Waals surface area (Å²) in [5, 5.41) is 7.96. The summed E-state index contributed by atoms with van der Waals surface area (Å²) in [6, 6.07) is 3.98. The van der Waals surface area contributed by atoms with E-state index in [0.29, 0.717) is 0 Å². The molecule has 14 heavy (non-hydrogen) atoms. The van der Waals surface area contributed by atoms with Crippen LogP contribution in [0.4, 0.5) is 5.00 Å². The molecule has 78 valence electrons. The Labute approximate surface area is 93.7 Å². The fourth-order valence-electron chi connectivity index (χ4n) is 1.77. The summed E-state index contributed by atoms with van der Waals surface area (Å²) in [5.41, 5.74) is 0. The first-order valence-electron chi connectivity index (χ1n) is 5.04. The van der Waals surface area contributed by atoms with Crippen molar-refractivity contribution in [2.24, 2.45) is 5.92 Å². The molecule has 1 aliphatic heterocycles. The maximum atomic E-state index is 5.83. The summed E-state index contributed by atoms with van der Waals surface area (Å²) < 4.78 is 0.857. The summed E-state index contributed by atoms with van der Waals surface area (Å²) in [4.78, 5) is 0. The average molecular weight is 231 g/mol. The second-order valence-electron chi connectivity index (χ2n) is 3.68. The zero-order chi connectivity index (χ0) is 9.80. The van der Waals surface area contributed by atoms with Gasteiger partial charge in [0.25, 0.3) is 0 Å². The number of hydrogen-bond donors (Lipinski definition) is 2. The molecule has 2 heterocycles. The summed E-state index contributed by atoms with van der Waals surface area (Å²) in [6.07, 6.45) is 2.58. The van der Waals surface area contributed by atoms with Crippen molar-refractivity contribution in [3.8, 4) is 0 Å². The van der Waals surface area contributed by atoms with Gasteiger partial charge >= 0.3 is 0 Å². The molecule has 1 unspecified atom stereocenters. The van der Waals surface area contributed by atoms with E-state index in [1.54, 1.807) is 11.3 Å². The monoisotopic (exact) mass is 230 g/mol. The number of anilines is 1. The highest BCUT2D eigenvalue weighted by molar-refractivity contribution is 7.19. The number of thiophene rings is 1. The lowest BCUT2D eigenvalue weighted by Crippen LogP contribution is -2.12. The van der Waals surface area contributed by atoms with Gasteiger partial charge in [-0.1, -0.05) is 11.6 Å². The van der Waals surface area contributed by atoms with Gasteiger partial charge in [-0.3, -0.25) is 0 Å². The van der Waals surface area contributed by atoms with Crippen molar-refractivity contribution in [1.82, 2.24) is 5.32 Å². The van der Waals surface area contributed by atoms with E-state index in [4.69, 9.17) is 11.6 Å². The molecule has 1 saturated heterocycles. The van der Waals surface area contributed by atoms with Crippen molar-refractivity contribution in [2.75, 3.05) is 25.0 Å². The zero-order valence-corrected chi connectivity index (χ0v) is 9.63. The van der Waals surface area contributed by atoms with E-state index in [1.807, 2.05) is 12.1 Å². The van der Waals surface area contributed by atoms with Gasteiger partial charge in [-0.15, -0.1) is 11.3 Å². The van der Waals surface area contributed by atoms with E-state index < -0.39 is 0 Å². The topological polar surface area (TPSA) is 24.1 Å². The lowest BCUT2D eigenvalue weighted by molar-refractivity contribution is 0.549. The van der Waals surface area contributed by atoms with Crippen LogP contribution < -0.4 is 10.6 Å². The van der Waals surface area contributed by atoms with Crippen LogP contribution in [-0.4, -0.2) is 19.6 Å². The van der Waals surface area contributed by atoms with Crippen LogP contribution in [0.1, 0.15) is 12.8 Å². The van der Waals surface area contributed by atoms with Crippen molar-refractivity contribution in [2.45, 2.75) is 12.8 Å². The Bertz CT molecular complexity index is 281. The highest BCUT2D eigenvalue weighted by atomic mass is 35.5. The van der Waals surface area contributed by atoms with Crippen LogP contribution in [0.2, 0.25) is 4.34 Å². The molecule has 0 aromatic carbocycles. The van der Waals surface area contributed by atoms with Crippen molar-refractivity contribution in [3.05, 3.63) is 16.5 Å². The second-order valence-corrected chi connectivity index (χ2v) is 5.39. The van der Waals surface area contributed by atoms with Crippen LogP contribution in [-0.2, 0) is 0 Å². The van der Waals surface area contributed by atoms with Gasteiger partial charge < -0.3 is 10.6 Å². The summed E-state index contributed by atoms with van der Waals surface area (Å²) in [5.74, 6) is 0.859. The predicted molar refractivity (Wildman–Crippen MR) is 63.4 cm³/mol. The van der Waals surface area contributed by atoms with Crippen LogP contribution in [0, 0.1) is 5.92 Å². The van der Waals surface area contributed by atoms with Crippen molar-refractivity contribution < 1.29 is 0 Å². The maximum absolute atomic E-state index is 5.83. The Balaban J connectivity index is 1.67. The van der Waals surface area contributed by atoms with Crippen LogP contribution in [0.5, 0.6) is 0 Å². The van der Waals surface area contributed by atoms with Crippen LogP contribution >= 0.6 is 22.9 Å². The van der Waals surface area contributed by atoms with Crippen molar-refractivity contribution >= 4 is 27.9 Å². The molecule has 0 saturated carbocycles. The first-order valence-corrected chi connectivity index (χ1v) is 6.24. The van der Waals surface area contributed by atoms with E-state index in [-0.39, 0.29) is 0 Å². The van der Waals surface area contributed by atoms with E-state index >= 15 is 0 Å². The number of rotatable bonds is 4. The molecule has 0 spiro atoms. The van der Waals surface area contributed by atoms with E-state index in [2.05, 4.69) is 10.6 Å². The molecule has 1 atom stereocenters. The van der Waals surface area contributed by atoms with Gasteiger partial charge in [0, 0.05) is 6.54 Å². The van der Waals surface area contributed by atoms with Gasteiger partial charge in [-0.2, -0.15) is 0 Å². The molecule has 1 fully saturated rings. The fraction of sp³-hybridized carbons (Fsp3) is 0.600. The third-order valence-corrected chi connectivity index (χ3v) is 3.78. The molecule has 0 aliphatic carbocycles. The van der Waals surface area contributed by atoms with Crippen LogP contribution in [0.15, 0.2) is 12.1 Å². The highest BCUT2D eigenvalue weighted by Gasteiger charge is 2.13. The SMILES string of the molecule is Clc1ccc(NCCC2CCNC2)s1. The van der Waals surface area contributed by atoms with Gasteiger partial charge in [0.15, 0.2) is 0 Å². The average Bonchev–Trinajstić information content (AvgIpc) is 2.77. The Morgan fingerprint density at radius 3 is 3.14 bits per heavy atom. The Hall–Kier alpha value is -0.250. The minimum atomic E-state index is 0.857. The van der Waals surface area contributed by atoms with Gasteiger partial charge in [0.2, 0.25) is 0 Å². The standard InChI is InChI=1S/C10H15ClN2S/c11-9-1-2-10(14-9)13-6-4-8-3-5-12-7-8/h1-2,8,12-13H,3-7H2. The predicted octanol–water partition coefficient (Wildman–Crippen LogP) is 2.81. The summed E-state index contributed by atoms with van der Waals surface area (Å²) in [6.45, 7) is 3.44. The maximum Gasteiger partial charge on any atom is 0.0950 e. The smallest absolute Gasteiger partial charge is 0.0950 e. The minimum absolute atomic E-state index is 0.857. The largest absolute Gasteiger partial charge is 0.377 e. The summed E-state index contributed by atoms with van der Waals surface area (Å²) in [7, 11) is 0. The highest BCUT2D eigenvalue weighted by Crippen LogP contribution is 2.26. The molecule has 0 bridgehead atoms. The van der Waals surface area contributed by atoms with Gasteiger partial charge in [-0.25, -0.2) is 0 Å². The zero-order valence-electron chi connectivity index (χ0n) is 8.05. The lowest BCUT2D eigenvalue weighted by Gasteiger charge is -2.08. The fourth-order valence-corrected chi connectivity index (χ4v) is 2.74. The number of hydrogen-bond acceptors (Lipinski definition) is 3. The normalized spacial score (nSPS) is 21.4. The Morgan fingerprint density at radius 2 is 2.50 bits per heavy atom. The first-order chi connectivity index (χ1) is 6.84. The van der Waals surface area contributed by atoms with Crippen LogP contribution in [0.3, 0.4) is 0 Å². The number of halogens is 1. The minimum Gasteiger partial charge on any atom is -0.377 e. The van der Waals surface area contributed by atoms with E-state index in [1.165, 1.54) is 30.9 Å². The Morgan fingerprint density at radius 1 is 1.57 bits per heavy atom. The van der Waals surface area contributed by atoms with E-state index in [0.717, 1.165) is 16.8 Å². The molecule has 1 aliphatic rings. The number of nitrogens with one attached hydrogen (secondary N) is 2.